The van der Waals surface area contributed by atoms with Gasteiger partial charge in [0.2, 0.25) is 5.95 Å². The van der Waals surface area contributed by atoms with Crippen LogP contribution in [0.15, 0.2) is 58.5 Å². The normalized spacial score (nSPS) is 16.4. The number of benzene rings is 2. The third kappa shape index (κ3) is 6.23. The topological polar surface area (TPSA) is 120 Å². The number of carbonyl (C=O) groups is 2. The van der Waals surface area contributed by atoms with Crippen molar-refractivity contribution in [2.45, 2.75) is 46.1 Å². The molecule has 0 radical (unpaired) electrons. The van der Waals surface area contributed by atoms with Gasteiger partial charge in [-0.3, -0.25) is 9.59 Å². The van der Waals surface area contributed by atoms with Gasteiger partial charge in [-0.2, -0.15) is 10.1 Å². The van der Waals surface area contributed by atoms with Crippen LogP contribution < -0.4 is 24.8 Å². The minimum atomic E-state index is -0.637. The summed E-state index contributed by atoms with van der Waals surface area (Å²) in [6.07, 6.45) is 4.60. The Morgan fingerprint density at radius 3 is 2.55 bits per heavy atom. The van der Waals surface area contributed by atoms with E-state index in [1.54, 1.807) is 10.7 Å². The molecule has 0 aliphatic carbocycles. The van der Waals surface area contributed by atoms with Gasteiger partial charge in [-0.05, 0) is 85.8 Å². The zero-order valence-corrected chi connectivity index (χ0v) is 25.6. The number of nitrogens with zero attached hydrogens (tertiary/aromatic N) is 4. The molecule has 12 heteroatoms. The van der Waals surface area contributed by atoms with E-state index in [0.29, 0.717) is 57.8 Å². The number of amides is 2. The van der Waals surface area contributed by atoms with Crippen molar-refractivity contribution in [2.75, 3.05) is 43.5 Å². The highest BCUT2D eigenvalue weighted by atomic mass is 79.9. The van der Waals surface area contributed by atoms with E-state index in [-0.39, 0.29) is 18.4 Å². The average molecular weight is 640 g/mol. The van der Waals surface area contributed by atoms with Crippen molar-refractivity contribution in [1.29, 1.82) is 0 Å². The van der Waals surface area contributed by atoms with Crippen LogP contribution in [0, 0.1) is 0 Å². The third-order valence-corrected chi connectivity index (χ3v) is 7.76. The first-order valence-corrected chi connectivity index (χ1v) is 15.0. The Labute approximate surface area is 253 Å². The predicted molar refractivity (Wildman–Crippen MR) is 162 cm³/mol. The molecule has 1 unspecified atom stereocenters. The van der Waals surface area contributed by atoms with Crippen LogP contribution in [0.1, 0.15) is 51.6 Å². The third-order valence-electron chi connectivity index (χ3n) is 7.17. The van der Waals surface area contributed by atoms with Crippen molar-refractivity contribution >= 4 is 39.4 Å². The number of aromatic nitrogens is 3. The van der Waals surface area contributed by atoms with Gasteiger partial charge in [-0.1, -0.05) is 12.1 Å². The van der Waals surface area contributed by atoms with E-state index in [1.165, 1.54) is 6.33 Å². The van der Waals surface area contributed by atoms with Crippen LogP contribution >= 0.6 is 15.9 Å². The Kier molecular flexibility index (Phi) is 9.31. The molecule has 0 spiro atoms. The Balaban J connectivity index is 1.48. The largest absolute Gasteiger partial charge is 0.492 e. The number of hydrogen-bond acceptors (Lipinski definition) is 8. The molecule has 11 nitrogen and oxygen atoms in total. The van der Waals surface area contributed by atoms with Gasteiger partial charge in [-0.25, -0.2) is 4.68 Å². The number of rotatable bonds is 10. The molecule has 2 aromatic carbocycles. The first-order chi connectivity index (χ1) is 20.4. The summed E-state index contributed by atoms with van der Waals surface area (Å²) in [5, 5.41) is 10.6. The van der Waals surface area contributed by atoms with Crippen LogP contribution in [0.25, 0.3) is 0 Å². The van der Waals surface area contributed by atoms with Crippen molar-refractivity contribution in [1.82, 2.24) is 19.7 Å². The summed E-state index contributed by atoms with van der Waals surface area (Å²) in [7, 11) is 0. The van der Waals surface area contributed by atoms with Crippen molar-refractivity contribution in [3.8, 4) is 17.2 Å². The number of anilines is 2. The number of allylic oxidation sites excluding steroid dienone is 1. The van der Waals surface area contributed by atoms with Crippen molar-refractivity contribution < 1.29 is 23.8 Å². The first-order valence-electron chi connectivity index (χ1n) is 14.2. The number of halogens is 1. The molecule has 1 saturated heterocycles. The smallest absolute Gasteiger partial charge is 0.260 e. The number of nitrogens with one attached hydrogen (secondary N) is 2. The fraction of sp³-hybridized carbons (Fsp3) is 0.400. The second-order valence-electron chi connectivity index (χ2n) is 9.97. The van der Waals surface area contributed by atoms with Crippen molar-refractivity contribution in [3.63, 3.8) is 0 Å². The lowest BCUT2D eigenvalue weighted by Gasteiger charge is -2.30. The molecule has 2 aliphatic heterocycles. The Hall–Kier alpha value is -4.06. The van der Waals surface area contributed by atoms with Crippen molar-refractivity contribution in [2.24, 2.45) is 0 Å². The maximum atomic E-state index is 13.9. The van der Waals surface area contributed by atoms with Crippen LogP contribution in [0.5, 0.6) is 17.2 Å². The molecule has 222 valence electrons. The molecule has 3 heterocycles. The van der Waals surface area contributed by atoms with Gasteiger partial charge < -0.3 is 29.7 Å². The predicted octanol–water partition coefficient (Wildman–Crippen LogP) is 5.16. The summed E-state index contributed by atoms with van der Waals surface area (Å²) >= 11 is 3.64. The Bertz CT molecular complexity index is 1480. The summed E-state index contributed by atoms with van der Waals surface area (Å²) < 4.78 is 20.0. The van der Waals surface area contributed by atoms with Gasteiger partial charge in [0.25, 0.3) is 11.8 Å². The molecule has 2 N–H and O–H groups in total. The highest BCUT2D eigenvalue weighted by Gasteiger charge is 2.35. The standard InChI is InChI=1S/C30H35BrN6O5/c1-4-40-23-12-8-7-11-22(23)35-29(39)26-19(3)34-30-32-18-33-37(30)27(26)20-15-21(31)28(24(16-20)41-5-2)42-17-25(38)36-13-9-6-10-14-36/h7-8,11-12,15-16,18,27H,4-6,9-10,13-14,17H2,1-3H3,(H,35,39)(H,32,33,34). The molecular formula is C30H35BrN6O5. The van der Waals surface area contributed by atoms with Crippen LogP contribution in [-0.2, 0) is 9.59 Å². The molecule has 5 rings (SSSR count). The van der Waals surface area contributed by atoms with Crippen LogP contribution in [-0.4, -0.2) is 64.4 Å². The van der Waals surface area contributed by atoms with Crippen LogP contribution in [0.4, 0.5) is 11.6 Å². The maximum absolute atomic E-state index is 13.9. The van der Waals surface area contributed by atoms with Crippen molar-refractivity contribution in [3.05, 3.63) is 64.0 Å². The van der Waals surface area contributed by atoms with Gasteiger partial charge in [0.15, 0.2) is 18.1 Å². The molecule has 3 aromatic rings. The van der Waals surface area contributed by atoms with E-state index >= 15 is 0 Å². The lowest BCUT2D eigenvalue weighted by atomic mass is 9.94. The lowest BCUT2D eigenvalue weighted by molar-refractivity contribution is -0.134. The Morgan fingerprint density at radius 2 is 1.79 bits per heavy atom. The number of carbonyl (C=O) groups excluding carboxylic acids is 2. The maximum Gasteiger partial charge on any atom is 0.260 e. The molecule has 2 aliphatic rings. The zero-order valence-electron chi connectivity index (χ0n) is 24.0. The van der Waals surface area contributed by atoms with Gasteiger partial charge in [-0.15, -0.1) is 0 Å². The number of ether oxygens (including phenoxy) is 3. The zero-order chi connectivity index (χ0) is 29.6. The second-order valence-corrected chi connectivity index (χ2v) is 10.8. The van der Waals surface area contributed by atoms with E-state index in [2.05, 4.69) is 36.6 Å². The van der Waals surface area contributed by atoms with E-state index in [0.717, 1.165) is 37.9 Å². The molecule has 42 heavy (non-hydrogen) atoms. The molecule has 1 atom stereocenters. The van der Waals surface area contributed by atoms with E-state index < -0.39 is 6.04 Å². The van der Waals surface area contributed by atoms with Gasteiger partial charge in [0.1, 0.15) is 18.1 Å². The summed E-state index contributed by atoms with van der Waals surface area (Å²) in [5.41, 5.74) is 2.36. The van der Waals surface area contributed by atoms with E-state index in [4.69, 9.17) is 14.2 Å². The number of piperidine rings is 1. The van der Waals surface area contributed by atoms with E-state index in [1.807, 2.05) is 56.0 Å². The summed E-state index contributed by atoms with van der Waals surface area (Å²) in [6.45, 7) is 7.86. The minimum absolute atomic E-state index is 0.0522. The highest BCUT2D eigenvalue weighted by Crippen LogP contribution is 2.43. The molecular weight excluding hydrogens is 604 g/mol. The van der Waals surface area contributed by atoms with Crippen LogP contribution in [0.3, 0.4) is 0 Å². The number of para-hydroxylation sites is 2. The summed E-state index contributed by atoms with van der Waals surface area (Å²) in [5.74, 6) is 1.59. The Morgan fingerprint density at radius 1 is 1.05 bits per heavy atom. The average Bonchev–Trinajstić information content (AvgIpc) is 3.45. The number of hydrogen-bond donors (Lipinski definition) is 2. The minimum Gasteiger partial charge on any atom is -0.492 e. The number of likely N-dealkylation sites (tertiary alicyclic amines) is 1. The SMILES string of the molecule is CCOc1ccccc1NC(=O)C1=C(C)Nc2ncnn2C1c1cc(Br)c(OCC(=O)N2CCCCC2)c(OCC)c1. The highest BCUT2D eigenvalue weighted by molar-refractivity contribution is 9.10. The fourth-order valence-corrected chi connectivity index (χ4v) is 5.83. The van der Waals surface area contributed by atoms with Gasteiger partial charge in [0, 0.05) is 18.8 Å². The molecule has 0 bridgehead atoms. The van der Waals surface area contributed by atoms with Gasteiger partial charge >= 0.3 is 0 Å². The fourth-order valence-electron chi connectivity index (χ4n) is 5.25. The lowest BCUT2D eigenvalue weighted by Crippen LogP contribution is -2.38. The van der Waals surface area contributed by atoms with Gasteiger partial charge in [0.05, 0.1) is 28.9 Å². The second kappa shape index (κ2) is 13.3. The number of fused-ring (bicyclic) bond motifs is 1. The molecule has 1 aromatic heterocycles. The quantitative estimate of drug-likeness (QED) is 0.313. The first kappa shape index (κ1) is 29.4. The summed E-state index contributed by atoms with van der Waals surface area (Å²) in [6, 6.07) is 10.4. The molecule has 1 fully saturated rings. The van der Waals surface area contributed by atoms with Crippen LogP contribution in [0.2, 0.25) is 0 Å². The van der Waals surface area contributed by atoms with E-state index in [9.17, 15) is 9.59 Å². The molecule has 0 saturated carbocycles. The molecule has 2 amide bonds. The summed E-state index contributed by atoms with van der Waals surface area (Å²) in [4.78, 5) is 32.9. The monoisotopic (exact) mass is 638 g/mol.